The van der Waals surface area contributed by atoms with E-state index in [0.29, 0.717) is 19.3 Å². The van der Waals surface area contributed by atoms with Crippen molar-refractivity contribution in [3.05, 3.63) is 146 Å². The highest BCUT2D eigenvalue weighted by molar-refractivity contribution is 5.71. The molecule has 0 aromatic rings. The Hall–Kier alpha value is -4.71. The fraction of sp³-hybridized carbons (Fsp3) is 0.635. The summed E-state index contributed by atoms with van der Waals surface area (Å²) in [5.74, 6) is -0.958. The van der Waals surface area contributed by atoms with Crippen LogP contribution in [0.5, 0.6) is 0 Å². The molecule has 0 aliphatic rings. The van der Waals surface area contributed by atoms with Gasteiger partial charge < -0.3 is 14.2 Å². The van der Waals surface area contributed by atoms with Gasteiger partial charge in [0.2, 0.25) is 0 Å². The summed E-state index contributed by atoms with van der Waals surface area (Å²) in [6.45, 7) is 6.37. The summed E-state index contributed by atoms with van der Waals surface area (Å²) in [4.78, 5) is 38.3. The smallest absolute Gasteiger partial charge is 0.306 e. The molecule has 0 heterocycles. The molecule has 0 rings (SSSR count). The molecule has 1 unspecified atom stereocenters. The van der Waals surface area contributed by atoms with Crippen molar-refractivity contribution in [1.29, 1.82) is 0 Å². The lowest BCUT2D eigenvalue weighted by Gasteiger charge is -2.18. The maximum atomic E-state index is 12.9. The number of carbonyl (C=O) groups is 3. The van der Waals surface area contributed by atoms with Crippen LogP contribution in [-0.4, -0.2) is 37.2 Å². The van der Waals surface area contributed by atoms with E-state index in [1.54, 1.807) is 0 Å². The number of ether oxygens (including phenoxy) is 3. The molecule has 0 N–H and O–H groups in total. The van der Waals surface area contributed by atoms with E-state index in [1.807, 2.05) is 0 Å². The molecule has 0 aliphatic carbocycles. The summed E-state index contributed by atoms with van der Waals surface area (Å²) in [5, 5.41) is 0. The van der Waals surface area contributed by atoms with E-state index in [-0.39, 0.29) is 31.1 Å². The van der Waals surface area contributed by atoms with Gasteiger partial charge in [-0.25, -0.2) is 0 Å². The van der Waals surface area contributed by atoms with Gasteiger partial charge in [0.25, 0.3) is 0 Å². The topological polar surface area (TPSA) is 78.9 Å². The van der Waals surface area contributed by atoms with Gasteiger partial charge in [0.05, 0.1) is 0 Å². The van der Waals surface area contributed by atoms with E-state index in [9.17, 15) is 14.4 Å². The third-order valence-corrected chi connectivity index (χ3v) is 13.6. The van der Waals surface area contributed by atoms with Gasteiger partial charge in [0, 0.05) is 19.3 Å². The molecule has 0 radical (unpaired) electrons. The molecule has 6 nitrogen and oxygen atoms in total. The summed E-state index contributed by atoms with van der Waals surface area (Å²) in [7, 11) is 0. The first-order valence-electron chi connectivity index (χ1n) is 32.8. The van der Waals surface area contributed by atoms with Gasteiger partial charge in [-0.05, 0) is 141 Å². The molecular formula is C74H120O6. The van der Waals surface area contributed by atoms with Crippen LogP contribution in [0.25, 0.3) is 0 Å². The maximum Gasteiger partial charge on any atom is 0.306 e. The highest BCUT2D eigenvalue weighted by atomic mass is 16.6. The van der Waals surface area contributed by atoms with E-state index in [4.69, 9.17) is 14.2 Å². The van der Waals surface area contributed by atoms with Gasteiger partial charge in [-0.3, -0.25) is 14.4 Å². The van der Waals surface area contributed by atoms with Crippen molar-refractivity contribution in [2.75, 3.05) is 13.2 Å². The van der Waals surface area contributed by atoms with Gasteiger partial charge in [-0.1, -0.05) is 269 Å². The third-order valence-electron chi connectivity index (χ3n) is 13.6. The van der Waals surface area contributed by atoms with Gasteiger partial charge in [-0.15, -0.1) is 0 Å². The first-order chi connectivity index (χ1) is 39.5. The van der Waals surface area contributed by atoms with Gasteiger partial charge in [-0.2, -0.15) is 0 Å². The molecule has 0 bridgehead atoms. The van der Waals surface area contributed by atoms with Crippen LogP contribution >= 0.6 is 0 Å². The Bertz CT molecular complexity index is 1750. The summed E-state index contributed by atoms with van der Waals surface area (Å²) in [6, 6.07) is 0. The number of carbonyl (C=O) groups excluding carboxylic acids is 3. The summed E-state index contributed by atoms with van der Waals surface area (Å²) in [6.07, 6.45) is 95.7. The minimum absolute atomic E-state index is 0.102. The summed E-state index contributed by atoms with van der Waals surface area (Å²) in [5.41, 5.74) is 0. The van der Waals surface area contributed by atoms with Crippen LogP contribution in [0.15, 0.2) is 146 Å². The SMILES string of the molecule is CC/C=C\C/C=C\C/C=C\C/C=C\C/C=C\C/C=C\C/C=C\CCCCCCCCCCCC(=O)OCC(COC(=O)CCCC/C=C\C/C=C\C/C=C\C/C=C\CC)OC(=O)CCCCCCC/C=C\CCCCCCCCC. The van der Waals surface area contributed by atoms with Crippen molar-refractivity contribution < 1.29 is 28.6 Å². The van der Waals surface area contributed by atoms with Crippen molar-refractivity contribution in [1.82, 2.24) is 0 Å². The second kappa shape index (κ2) is 66.8. The zero-order valence-corrected chi connectivity index (χ0v) is 51.8. The van der Waals surface area contributed by atoms with Gasteiger partial charge in [0.1, 0.15) is 13.2 Å². The largest absolute Gasteiger partial charge is 0.462 e. The van der Waals surface area contributed by atoms with Crippen LogP contribution in [0.3, 0.4) is 0 Å². The number of hydrogen-bond acceptors (Lipinski definition) is 6. The zero-order chi connectivity index (χ0) is 57.8. The molecule has 80 heavy (non-hydrogen) atoms. The van der Waals surface area contributed by atoms with E-state index in [2.05, 4.69) is 167 Å². The van der Waals surface area contributed by atoms with Crippen molar-refractivity contribution in [3.63, 3.8) is 0 Å². The molecule has 0 fully saturated rings. The van der Waals surface area contributed by atoms with E-state index in [0.717, 1.165) is 148 Å². The Morgan fingerprint density at radius 3 is 0.800 bits per heavy atom. The van der Waals surface area contributed by atoms with Crippen LogP contribution in [0, 0.1) is 0 Å². The second-order valence-electron chi connectivity index (χ2n) is 21.3. The highest BCUT2D eigenvalue weighted by Gasteiger charge is 2.19. The van der Waals surface area contributed by atoms with Crippen LogP contribution in [0.2, 0.25) is 0 Å². The average Bonchev–Trinajstić information content (AvgIpc) is 3.46. The van der Waals surface area contributed by atoms with Crippen LogP contribution in [0.4, 0.5) is 0 Å². The van der Waals surface area contributed by atoms with Gasteiger partial charge in [0.15, 0.2) is 6.10 Å². The Labute approximate surface area is 493 Å². The lowest BCUT2D eigenvalue weighted by molar-refractivity contribution is -0.167. The lowest BCUT2D eigenvalue weighted by atomic mass is 10.1. The average molecular weight is 1110 g/mol. The molecule has 0 amide bonds. The summed E-state index contributed by atoms with van der Waals surface area (Å²) >= 11 is 0. The maximum absolute atomic E-state index is 12.9. The fourth-order valence-corrected chi connectivity index (χ4v) is 8.70. The number of hydrogen-bond donors (Lipinski definition) is 0. The molecule has 6 heteroatoms. The van der Waals surface area contributed by atoms with Crippen molar-refractivity contribution in [2.45, 2.75) is 290 Å². The van der Waals surface area contributed by atoms with Crippen molar-refractivity contribution in [3.8, 4) is 0 Å². The second-order valence-corrected chi connectivity index (χ2v) is 21.3. The van der Waals surface area contributed by atoms with E-state index in [1.165, 1.54) is 96.3 Å². The number of unbranched alkanes of at least 4 members (excludes halogenated alkanes) is 23. The standard InChI is InChI=1S/C74H120O6/c1-4-7-10-13-16-19-22-25-28-30-31-32-33-34-35-36-37-38-39-40-41-42-43-44-47-49-52-55-58-61-64-67-73(76)79-70-71(69-78-72(75)66-63-60-57-54-51-48-45-27-24-21-18-15-12-9-6-3)80-74(77)68-65-62-59-56-53-50-46-29-26-23-20-17-14-11-8-5-2/h7,9-10,12,16,18-19,21,25,27-29,31-32,34-35,37-38,40-41,45-46,51,54,71H,4-6,8,11,13-15,17,20,22-24,26,30,33,36,39,42-44,47-50,52-53,55-70H2,1-3H3/b10-7-,12-9-,19-16-,21-18-,28-25-,32-31-,35-34-,38-37-,41-40-,45-27-,46-29-,54-51-. The molecule has 1 atom stereocenters. The van der Waals surface area contributed by atoms with E-state index < -0.39 is 6.10 Å². The fourth-order valence-electron chi connectivity index (χ4n) is 8.70. The van der Waals surface area contributed by atoms with Crippen LogP contribution in [0.1, 0.15) is 284 Å². The number of allylic oxidation sites excluding steroid dienone is 24. The minimum atomic E-state index is -0.808. The first kappa shape index (κ1) is 75.3. The van der Waals surface area contributed by atoms with Crippen LogP contribution < -0.4 is 0 Å². The Balaban J connectivity index is 4.36. The Kier molecular flexibility index (Phi) is 62.9. The Morgan fingerprint density at radius 2 is 0.487 bits per heavy atom. The van der Waals surface area contributed by atoms with Gasteiger partial charge >= 0.3 is 17.9 Å². The predicted octanol–water partition coefficient (Wildman–Crippen LogP) is 22.7. The first-order valence-corrected chi connectivity index (χ1v) is 32.8. The molecular weight excluding hydrogens is 985 g/mol. The molecule has 0 aromatic heterocycles. The summed E-state index contributed by atoms with van der Waals surface area (Å²) < 4.78 is 16.9. The monoisotopic (exact) mass is 1100 g/mol. The zero-order valence-electron chi connectivity index (χ0n) is 51.8. The van der Waals surface area contributed by atoms with E-state index >= 15 is 0 Å². The molecule has 0 saturated heterocycles. The molecule has 452 valence electrons. The normalized spacial score (nSPS) is 13.1. The molecule has 0 aliphatic heterocycles. The highest BCUT2D eigenvalue weighted by Crippen LogP contribution is 2.15. The van der Waals surface area contributed by atoms with Crippen LogP contribution in [-0.2, 0) is 28.6 Å². The number of esters is 3. The predicted molar refractivity (Wildman–Crippen MR) is 348 cm³/mol. The lowest BCUT2D eigenvalue weighted by Crippen LogP contribution is -2.30. The van der Waals surface area contributed by atoms with Crippen molar-refractivity contribution in [2.24, 2.45) is 0 Å². The molecule has 0 aromatic carbocycles. The Morgan fingerprint density at radius 1 is 0.263 bits per heavy atom. The quantitative estimate of drug-likeness (QED) is 0.0261. The minimum Gasteiger partial charge on any atom is -0.462 e. The molecule has 0 spiro atoms. The third kappa shape index (κ3) is 64.1. The number of rotatable bonds is 58. The van der Waals surface area contributed by atoms with Crippen molar-refractivity contribution >= 4 is 17.9 Å². The molecule has 0 saturated carbocycles.